The topological polar surface area (TPSA) is 29.5 Å². The van der Waals surface area contributed by atoms with Crippen molar-refractivity contribution in [3.63, 3.8) is 0 Å². The Morgan fingerprint density at radius 2 is 0.810 bits per heavy atom. The normalized spacial score (nSPS) is 11.8. The molecule has 0 spiro atoms. The van der Waals surface area contributed by atoms with Gasteiger partial charge in [-0.1, -0.05) is 158 Å². The summed E-state index contributed by atoms with van der Waals surface area (Å²) in [7, 11) is 0. The highest BCUT2D eigenvalue weighted by Crippen LogP contribution is 2.46. The van der Waals surface area contributed by atoms with E-state index in [-0.39, 0.29) is 0 Å². The molecule has 0 saturated heterocycles. The van der Waals surface area contributed by atoms with Crippen LogP contribution in [0, 0.1) is 0 Å². The van der Waals surface area contributed by atoms with E-state index in [0.717, 1.165) is 88.6 Å². The van der Waals surface area contributed by atoms with E-state index in [9.17, 15) is 0 Å². The molecule has 0 fully saturated rings. The molecule has 0 amide bonds. The van der Waals surface area contributed by atoms with Crippen molar-refractivity contribution in [1.29, 1.82) is 0 Å². The van der Waals surface area contributed by atoms with Crippen LogP contribution in [0.3, 0.4) is 0 Å². The van der Waals surface area contributed by atoms with Gasteiger partial charge in [-0.3, -0.25) is 0 Å². The highest BCUT2D eigenvalue weighted by Gasteiger charge is 2.21. The lowest BCUT2D eigenvalue weighted by molar-refractivity contribution is 0.669. The van der Waals surface area contributed by atoms with Gasteiger partial charge in [0.1, 0.15) is 22.3 Å². The molecule has 0 N–H and O–H groups in total. The van der Waals surface area contributed by atoms with Gasteiger partial charge in [-0.15, -0.1) is 0 Å². The molecule has 2 aromatic heterocycles. The van der Waals surface area contributed by atoms with Gasteiger partial charge in [-0.25, -0.2) is 0 Å². The number of para-hydroxylation sites is 2. The zero-order valence-electron chi connectivity index (χ0n) is 34.1. The first-order valence-corrected chi connectivity index (χ1v) is 21.5. The quantitative estimate of drug-likeness (QED) is 0.157. The molecule has 3 nitrogen and oxygen atoms in total. The van der Waals surface area contributed by atoms with Gasteiger partial charge in [-0.2, -0.15) is 0 Å². The minimum atomic E-state index is 0.874. The summed E-state index contributed by atoms with van der Waals surface area (Å²) in [4.78, 5) is 2.38. The third-order valence-electron chi connectivity index (χ3n) is 12.9. The van der Waals surface area contributed by atoms with Crippen LogP contribution in [0.1, 0.15) is 0 Å². The molecule has 2 heterocycles. The van der Waals surface area contributed by atoms with E-state index in [1.54, 1.807) is 0 Å². The summed E-state index contributed by atoms with van der Waals surface area (Å²) in [5.41, 5.74) is 13.6. The summed E-state index contributed by atoms with van der Waals surface area (Å²) in [6.45, 7) is 0. The first-order chi connectivity index (χ1) is 31.2. The Morgan fingerprint density at radius 3 is 1.60 bits per heavy atom. The molecular weight excluding hydrogens is 767 g/mol. The summed E-state index contributed by atoms with van der Waals surface area (Å²) < 4.78 is 13.0. The molecule has 11 aromatic carbocycles. The lowest BCUT2D eigenvalue weighted by Crippen LogP contribution is -2.11. The molecule has 0 radical (unpaired) electrons. The van der Waals surface area contributed by atoms with Gasteiger partial charge in [0.25, 0.3) is 0 Å². The number of rotatable bonds is 6. The Labute approximate surface area is 363 Å². The van der Waals surface area contributed by atoms with E-state index in [4.69, 9.17) is 8.83 Å². The summed E-state index contributed by atoms with van der Waals surface area (Å²) in [6.07, 6.45) is 0. The predicted octanol–water partition coefficient (Wildman–Crippen LogP) is 17.4. The maximum absolute atomic E-state index is 6.68. The molecular formula is C60H37NO2. The Balaban J connectivity index is 0.951. The number of furan rings is 2. The number of nitrogens with zero attached hydrogens (tertiary/aromatic N) is 1. The zero-order valence-corrected chi connectivity index (χ0v) is 34.1. The minimum absolute atomic E-state index is 0.874. The molecule has 3 heteroatoms. The smallest absolute Gasteiger partial charge is 0.143 e. The lowest BCUT2D eigenvalue weighted by Gasteiger charge is -2.28. The predicted molar refractivity (Wildman–Crippen MR) is 265 cm³/mol. The van der Waals surface area contributed by atoms with E-state index in [0.29, 0.717) is 0 Å². The van der Waals surface area contributed by atoms with Gasteiger partial charge in [0.05, 0.1) is 5.69 Å². The third kappa shape index (κ3) is 5.75. The second-order valence-corrected chi connectivity index (χ2v) is 16.4. The van der Waals surface area contributed by atoms with Crippen LogP contribution in [0.15, 0.2) is 233 Å². The fourth-order valence-corrected chi connectivity index (χ4v) is 9.81. The molecule has 0 unspecified atom stereocenters. The second-order valence-electron chi connectivity index (χ2n) is 16.4. The van der Waals surface area contributed by atoms with Crippen LogP contribution in [0.25, 0.3) is 110 Å². The highest BCUT2D eigenvalue weighted by atomic mass is 16.3. The third-order valence-corrected chi connectivity index (χ3v) is 12.9. The molecule has 63 heavy (non-hydrogen) atoms. The average Bonchev–Trinajstić information content (AvgIpc) is 3.93. The molecule has 294 valence electrons. The monoisotopic (exact) mass is 803 g/mol. The SMILES string of the molecule is c1ccc(N(c2ccc(-c3ccc4c(ccc5ccccc54)c3)cc2)c2ccc(-c3ccc4c(c3)oc3ccccc34)cc2)c(-c2cccc3oc4c5ccccc5ccc4c23)c1. The van der Waals surface area contributed by atoms with E-state index < -0.39 is 0 Å². The van der Waals surface area contributed by atoms with Crippen LogP contribution in [-0.2, 0) is 0 Å². The van der Waals surface area contributed by atoms with Crippen molar-refractivity contribution in [3.05, 3.63) is 224 Å². The van der Waals surface area contributed by atoms with Crippen LogP contribution >= 0.6 is 0 Å². The van der Waals surface area contributed by atoms with Gasteiger partial charge in [-0.05, 0) is 121 Å². The van der Waals surface area contributed by atoms with Crippen LogP contribution in [0.4, 0.5) is 17.1 Å². The maximum Gasteiger partial charge on any atom is 0.143 e. The van der Waals surface area contributed by atoms with E-state index in [1.807, 2.05) is 12.1 Å². The Bertz CT molecular complexity index is 3910. The average molecular weight is 804 g/mol. The van der Waals surface area contributed by atoms with Crippen molar-refractivity contribution in [2.45, 2.75) is 0 Å². The number of hydrogen-bond donors (Lipinski definition) is 0. The standard InChI is InChI=1S/C60H37NO2/c1-3-12-47-40(10-1)20-21-44-36-42(27-33-48(44)47)38-22-29-45(30-23-38)61(46-31-24-39(25-32-46)43-28-34-52-51-15-6-8-18-56(51)62-58(52)37-43)55-17-7-5-14-50(55)53-16-9-19-57-59(53)54-35-26-41-11-2-4-13-49(41)60(54)63-57/h1-37H. The van der Waals surface area contributed by atoms with Gasteiger partial charge in [0, 0.05) is 43.9 Å². The molecule has 0 bridgehead atoms. The number of hydrogen-bond acceptors (Lipinski definition) is 3. The fourth-order valence-electron chi connectivity index (χ4n) is 9.81. The molecule has 0 aliphatic heterocycles. The molecule has 13 aromatic rings. The van der Waals surface area contributed by atoms with Crippen LogP contribution in [0.5, 0.6) is 0 Å². The van der Waals surface area contributed by atoms with Gasteiger partial charge in [0.2, 0.25) is 0 Å². The number of anilines is 3. The van der Waals surface area contributed by atoms with E-state index >= 15 is 0 Å². The molecule has 0 atom stereocenters. The molecule has 0 saturated carbocycles. The van der Waals surface area contributed by atoms with Crippen LogP contribution < -0.4 is 4.90 Å². The summed E-state index contributed by atoms with van der Waals surface area (Å²) in [5, 5.41) is 11.8. The van der Waals surface area contributed by atoms with E-state index in [2.05, 4.69) is 217 Å². The fraction of sp³-hybridized carbons (Fsp3) is 0. The summed E-state index contributed by atoms with van der Waals surface area (Å²) in [5.74, 6) is 0. The second kappa shape index (κ2) is 14.1. The Hall–Kier alpha value is -8.40. The molecule has 0 aliphatic carbocycles. The maximum atomic E-state index is 6.68. The Kier molecular flexibility index (Phi) is 7.91. The van der Waals surface area contributed by atoms with Crippen molar-refractivity contribution in [2.75, 3.05) is 4.90 Å². The zero-order chi connectivity index (χ0) is 41.4. The number of benzene rings is 11. The molecule has 0 aliphatic rings. The van der Waals surface area contributed by atoms with Crippen LogP contribution in [-0.4, -0.2) is 0 Å². The van der Waals surface area contributed by atoms with Crippen molar-refractivity contribution < 1.29 is 8.83 Å². The molecule has 13 rings (SSSR count). The summed E-state index contributed by atoms with van der Waals surface area (Å²) in [6, 6.07) is 80.6. The first kappa shape index (κ1) is 35.4. The van der Waals surface area contributed by atoms with Crippen LogP contribution in [0.2, 0.25) is 0 Å². The van der Waals surface area contributed by atoms with Gasteiger partial charge >= 0.3 is 0 Å². The van der Waals surface area contributed by atoms with E-state index in [1.165, 1.54) is 38.1 Å². The van der Waals surface area contributed by atoms with Gasteiger partial charge in [0.15, 0.2) is 0 Å². The minimum Gasteiger partial charge on any atom is -0.456 e. The number of fused-ring (bicyclic) bond motifs is 11. The largest absolute Gasteiger partial charge is 0.456 e. The summed E-state index contributed by atoms with van der Waals surface area (Å²) >= 11 is 0. The van der Waals surface area contributed by atoms with Crippen molar-refractivity contribution in [1.82, 2.24) is 0 Å². The Morgan fingerprint density at radius 1 is 0.286 bits per heavy atom. The lowest BCUT2D eigenvalue weighted by atomic mass is 9.95. The van der Waals surface area contributed by atoms with Crippen molar-refractivity contribution in [2.24, 2.45) is 0 Å². The van der Waals surface area contributed by atoms with Gasteiger partial charge < -0.3 is 13.7 Å². The first-order valence-electron chi connectivity index (χ1n) is 21.5. The highest BCUT2D eigenvalue weighted by molar-refractivity contribution is 6.20. The van der Waals surface area contributed by atoms with Crippen molar-refractivity contribution >= 4 is 93.3 Å². The van der Waals surface area contributed by atoms with Crippen molar-refractivity contribution in [3.8, 4) is 33.4 Å².